The fourth-order valence-electron chi connectivity index (χ4n) is 1.04. The number of nitrogens with zero attached hydrogens (tertiary/aromatic N) is 1. The van der Waals surface area contributed by atoms with Crippen LogP contribution in [0, 0.1) is 0 Å². The molecule has 0 saturated heterocycles. The molecule has 1 aromatic rings. The number of primary amides is 1. The Kier molecular flexibility index (Phi) is 4.59. The van der Waals surface area contributed by atoms with Gasteiger partial charge in [0.2, 0.25) is 0 Å². The van der Waals surface area contributed by atoms with E-state index in [0.717, 1.165) is 11.3 Å². The summed E-state index contributed by atoms with van der Waals surface area (Å²) >= 11 is 0. The largest absolute Gasteiger partial charge is 0.497 e. The zero-order valence-electron chi connectivity index (χ0n) is 8.88. The van der Waals surface area contributed by atoms with Crippen molar-refractivity contribution in [3.63, 3.8) is 0 Å². The zero-order valence-corrected chi connectivity index (χ0v) is 8.88. The highest BCUT2D eigenvalue weighted by Crippen LogP contribution is 2.13. The van der Waals surface area contributed by atoms with Crippen LogP contribution in [0.1, 0.15) is 5.56 Å². The van der Waals surface area contributed by atoms with Gasteiger partial charge in [-0.05, 0) is 23.8 Å². The maximum atomic E-state index is 10.3. The minimum Gasteiger partial charge on any atom is -0.497 e. The molecule has 0 atom stereocenters. The van der Waals surface area contributed by atoms with Crippen LogP contribution in [0.15, 0.2) is 35.4 Å². The zero-order chi connectivity index (χ0) is 11.8. The number of nitrogens with one attached hydrogen (secondary N) is 1. The molecule has 0 fully saturated rings. The van der Waals surface area contributed by atoms with Gasteiger partial charge < -0.3 is 10.5 Å². The lowest BCUT2D eigenvalue weighted by atomic mass is 10.2. The molecule has 0 heterocycles. The number of nitrogens with two attached hydrogens (primary N) is 1. The normalized spacial score (nSPS) is 10.8. The van der Waals surface area contributed by atoms with Gasteiger partial charge in [-0.2, -0.15) is 5.10 Å². The predicted molar refractivity (Wildman–Crippen MR) is 63.2 cm³/mol. The molecule has 0 bridgehead atoms. The highest BCUT2D eigenvalue weighted by Gasteiger charge is 1.90. The fraction of sp³-hybridized carbons (Fsp3) is 0.0909. The highest BCUT2D eigenvalue weighted by atomic mass is 16.5. The average molecular weight is 219 g/mol. The summed E-state index contributed by atoms with van der Waals surface area (Å²) < 4.78 is 5.07. The number of amides is 2. The van der Waals surface area contributed by atoms with Crippen molar-refractivity contribution in [2.45, 2.75) is 0 Å². The van der Waals surface area contributed by atoms with Crippen molar-refractivity contribution in [1.29, 1.82) is 0 Å². The minimum atomic E-state index is -0.689. The first kappa shape index (κ1) is 11.8. The third-order valence-corrected chi connectivity index (χ3v) is 1.72. The third kappa shape index (κ3) is 4.28. The molecule has 16 heavy (non-hydrogen) atoms. The molecule has 3 N–H and O–H groups in total. The Morgan fingerprint density at radius 2 is 2.38 bits per heavy atom. The second-order valence-electron chi connectivity index (χ2n) is 2.89. The van der Waals surface area contributed by atoms with E-state index in [1.165, 1.54) is 6.21 Å². The van der Waals surface area contributed by atoms with E-state index in [1.54, 1.807) is 13.2 Å². The Labute approximate surface area is 93.6 Å². The third-order valence-electron chi connectivity index (χ3n) is 1.72. The van der Waals surface area contributed by atoms with Gasteiger partial charge in [-0.1, -0.05) is 18.2 Å². The van der Waals surface area contributed by atoms with E-state index in [4.69, 9.17) is 10.5 Å². The molecule has 1 aromatic carbocycles. The van der Waals surface area contributed by atoms with Gasteiger partial charge in [-0.15, -0.1) is 0 Å². The van der Waals surface area contributed by atoms with Gasteiger partial charge in [0.25, 0.3) is 0 Å². The summed E-state index contributed by atoms with van der Waals surface area (Å²) in [6.45, 7) is 0. The van der Waals surface area contributed by atoms with Gasteiger partial charge in [-0.3, -0.25) is 0 Å². The first-order valence-electron chi connectivity index (χ1n) is 4.61. The van der Waals surface area contributed by atoms with Crippen LogP contribution in [0.25, 0.3) is 6.08 Å². The van der Waals surface area contributed by atoms with E-state index in [-0.39, 0.29) is 0 Å². The van der Waals surface area contributed by atoms with Gasteiger partial charge in [0.15, 0.2) is 0 Å². The smallest absolute Gasteiger partial charge is 0.332 e. The number of carbonyl (C=O) groups is 1. The van der Waals surface area contributed by atoms with E-state index in [1.807, 2.05) is 30.3 Å². The van der Waals surface area contributed by atoms with E-state index in [9.17, 15) is 4.79 Å². The molecule has 0 aromatic heterocycles. The Morgan fingerprint density at radius 3 is 3.06 bits per heavy atom. The second-order valence-corrected chi connectivity index (χ2v) is 2.89. The van der Waals surface area contributed by atoms with Crippen molar-refractivity contribution in [3.8, 4) is 5.75 Å². The summed E-state index contributed by atoms with van der Waals surface area (Å²) in [4.78, 5) is 10.3. The van der Waals surface area contributed by atoms with Crippen LogP contribution in [-0.2, 0) is 0 Å². The Bertz CT molecular complexity index is 413. The maximum Gasteiger partial charge on any atom is 0.332 e. The van der Waals surface area contributed by atoms with Crippen molar-refractivity contribution < 1.29 is 9.53 Å². The standard InChI is InChI=1S/C11H13N3O2/c1-16-10-6-2-4-9(8-10)5-3-7-13-14-11(12)15/h2-8H,1H3,(H3,12,14,15). The average Bonchev–Trinajstić information content (AvgIpc) is 2.28. The summed E-state index contributed by atoms with van der Waals surface area (Å²) in [7, 11) is 1.61. The highest BCUT2D eigenvalue weighted by molar-refractivity contribution is 5.80. The molecule has 0 unspecified atom stereocenters. The van der Waals surface area contributed by atoms with E-state index < -0.39 is 6.03 Å². The summed E-state index contributed by atoms with van der Waals surface area (Å²) in [5, 5.41) is 3.56. The predicted octanol–water partition coefficient (Wildman–Crippen LogP) is 1.36. The van der Waals surface area contributed by atoms with Crippen molar-refractivity contribution in [2.75, 3.05) is 7.11 Å². The Morgan fingerprint density at radius 1 is 1.56 bits per heavy atom. The van der Waals surface area contributed by atoms with Crippen LogP contribution >= 0.6 is 0 Å². The van der Waals surface area contributed by atoms with Crippen LogP contribution in [0.4, 0.5) is 4.79 Å². The van der Waals surface area contributed by atoms with Crippen molar-refractivity contribution in [2.24, 2.45) is 10.8 Å². The molecule has 0 saturated carbocycles. The van der Waals surface area contributed by atoms with Crippen molar-refractivity contribution >= 4 is 18.3 Å². The number of allylic oxidation sites excluding steroid dienone is 1. The van der Waals surface area contributed by atoms with Gasteiger partial charge in [-0.25, -0.2) is 10.2 Å². The second kappa shape index (κ2) is 6.23. The lowest BCUT2D eigenvalue weighted by Crippen LogP contribution is -2.24. The number of hydrogen-bond donors (Lipinski definition) is 2. The number of urea groups is 1. The molecular formula is C11H13N3O2. The molecule has 0 spiro atoms. The van der Waals surface area contributed by atoms with E-state index in [0.29, 0.717) is 0 Å². The number of hydrazone groups is 1. The number of ether oxygens (including phenoxy) is 1. The lowest BCUT2D eigenvalue weighted by Gasteiger charge is -1.99. The minimum absolute atomic E-state index is 0.689. The van der Waals surface area contributed by atoms with Crippen LogP contribution in [0.5, 0.6) is 5.75 Å². The molecule has 84 valence electrons. The topological polar surface area (TPSA) is 76.7 Å². The molecule has 2 amide bonds. The Balaban J connectivity index is 2.55. The summed E-state index contributed by atoms with van der Waals surface area (Å²) in [5.74, 6) is 0.786. The van der Waals surface area contributed by atoms with Gasteiger partial charge in [0.05, 0.1) is 7.11 Å². The number of benzene rings is 1. The van der Waals surface area contributed by atoms with E-state index >= 15 is 0 Å². The number of hydrogen-bond acceptors (Lipinski definition) is 3. The number of carbonyl (C=O) groups excluding carboxylic acids is 1. The van der Waals surface area contributed by atoms with Crippen LogP contribution in [-0.4, -0.2) is 19.4 Å². The van der Waals surface area contributed by atoms with Crippen LogP contribution in [0.3, 0.4) is 0 Å². The molecule has 1 rings (SSSR count). The van der Waals surface area contributed by atoms with Crippen molar-refractivity contribution in [3.05, 3.63) is 35.9 Å². The SMILES string of the molecule is COc1cccc(C=CC=NNC(N)=O)c1. The summed E-state index contributed by atoms with van der Waals surface area (Å²) in [5.41, 5.74) is 7.88. The fourth-order valence-corrected chi connectivity index (χ4v) is 1.04. The maximum absolute atomic E-state index is 10.3. The van der Waals surface area contributed by atoms with Crippen LogP contribution < -0.4 is 15.9 Å². The van der Waals surface area contributed by atoms with Gasteiger partial charge >= 0.3 is 6.03 Å². The molecule has 0 aliphatic carbocycles. The number of methoxy groups -OCH3 is 1. The molecule has 0 aliphatic heterocycles. The molecule has 0 aliphatic rings. The molecular weight excluding hydrogens is 206 g/mol. The van der Waals surface area contributed by atoms with Crippen molar-refractivity contribution in [1.82, 2.24) is 5.43 Å². The number of rotatable bonds is 4. The molecule has 5 heteroatoms. The summed E-state index contributed by atoms with van der Waals surface area (Å²) in [6, 6.07) is 6.86. The first-order valence-corrected chi connectivity index (χ1v) is 4.61. The first-order chi connectivity index (χ1) is 7.72. The Hall–Kier alpha value is -2.30. The lowest BCUT2D eigenvalue weighted by molar-refractivity contribution is 0.249. The summed E-state index contributed by atoms with van der Waals surface area (Å²) in [6.07, 6.45) is 4.95. The van der Waals surface area contributed by atoms with Crippen LogP contribution in [0.2, 0.25) is 0 Å². The van der Waals surface area contributed by atoms with E-state index in [2.05, 4.69) is 10.5 Å². The van der Waals surface area contributed by atoms with Gasteiger partial charge in [0, 0.05) is 6.21 Å². The molecule has 0 radical (unpaired) electrons. The monoisotopic (exact) mass is 219 g/mol. The quantitative estimate of drug-likeness (QED) is 0.592. The van der Waals surface area contributed by atoms with Gasteiger partial charge in [0.1, 0.15) is 5.75 Å². The molecule has 5 nitrogen and oxygen atoms in total.